The second-order valence-corrected chi connectivity index (χ2v) is 4.36. The van der Waals surface area contributed by atoms with Gasteiger partial charge in [0.2, 0.25) is 0 Å². The summed E-state index contributed by atoms with van der Waals surface area (Å²) in [4.78, 5) is 19.4. The molecular weight excluding hydrogens is 212 g/mol. The Morgan fingerprint density at radius 1 is 1.29 bits per heavy atom. The van der Waals surface area contributed by atoms with Crippen molar-refractivity contribution in [2.24, 2.45) is 0 Å². The molecule has 2 rings (SSSR count). The van der Waals surface area contributed by atoms with Crippen LogP contribution in [0, 0.1) is 0 Å². The molecule has 2 aromatic rings. The largest absolute Gasteiger partial charge is 0.310 e. The molecule has 0 amide bonds. The normalized spacial score (nSPS) is 12.8. The van der Waals surface area contributed by atoms with Crippen molar-refractivity contribution in [2.75, 3.05) is 0 Å². The molecule has 0 aliphatic carbocycles. The van der Waals surface area contributed by atoms with E-state index in [1.165, 1.54) is 0 Å². The lowest BCUT2D eigenvalue weighted by Gasteiger charge is -2.13. The molecule has 1 unspecified atom stereocenters. The van der Waals surface area contributed by atoms with Crippen LogP contribution in [0.1, 0.15) is 44.9 Å². The fourth-order valence-electron chi connectivity index (χ4n) is 2.18. The fourth-order valence-corrected chi connectivity index (χ4v) is 2.18. The standard InChI is InChI=1S/C14H18N2O/c1-3-7-10(4-2)13-15-12-9-6-5-8-11(12)14(17)16-13/h5-6,8-10H,3-4,7H2,1-2H3,(H,15,16,17). The molecule has 0 radical (unpaired) electrons. The van der Waals surface area contributed by atoms with Crippen molar-refractivity contribution in [1.29, 1.82) is 0 Å². The van der Waals surface area contributed by atoms with Gasteiger partial charge >= 0.3 is 0 Å². The molecular formula is C14H18N2O. The summed E-state index contributed by atoms with van der Waals surface area (Å²) >= 11 is 0. The molecule has 3 nitrogen and oxygen atoms in total. The van der Waals surface area contributed by atoms with E-state index >= 15 is 0 Å². The smallest absolute Gasteiger partial charge is 0.258 e. The SMILES string of the molecule is CCCC(CC)c1nc2ccccc2c(=O)[nH]1. The lowest BCUT2D eigenvalue weighted by Crippen LogP contribution is -2.14. The molecule has 1 heterocycles. The number of fused-ring (bicyclic) bond motifs is 1. The Balaban J connectivity index is 2.52. The molecule has 0 aliphatic rings. The Hall–Kier alpha value is -1.64. The highest BCUT2D eigenvalue weighted by molar-refractivity contribution is 5.77. The predicted molar refractivity (Wildman–Crippen MR) is 70.3 cm³/mol. The van der Waals surface area contributed by atoms with Gasteiger partial charge in [-0.15, -0.1) is 0 Å². The van der Waals surface area contributed by atoms with Gasteiger partial charge in [-0.05, 0) is 25.0 Å². The third kappa shape index (κ3) is 2.38. The van der Waals surface area contributed by atoms with Crippen molar-refractivity contribution in [3.63, 3.8) is 0 Å². The van der Waals surface area contributed by atoms with Gasteiger partial charge in [0, 0.05) is 5.92 Å². The monoisotopic (exact) mass is 230 g/mol. The average molecular weight is 230 g/mol. The lowest BCUT2D eigenvalue weighted by atomic mass is 10.00. The quantitative estimate of drug-likeness (QED) is 0.876. The Kier molecular flexibility index (Phi) is 3.57. The third-order valence-electron chi connectivity index (χ3n) is 3.15. The zero-order valence-electron chi connectivity index (χ0n) is 10.4. The minimum atomic E-state index is -0.0276. The molecule has 17 heavy (non-hydrogen) atoms. The molecule has 0 bridgehead atoms. The fraction of sp³-hybridized carbons (Fsp3) is 0.429. The van der Waals surface area contributed by atoms with Crippen molar-refractivity contribution >= 4 is 10.9 Å². The first-order valence-electron chi connectivity index (χ1n) is 6.25. The lowest BCUT2D eigenvalue weighted by molar-refractivity contribution is 0.565. The number of nitrogens with one attached hydrogen (secondary N) is 1. The van der Waals surface area contributed by atoms with E-state index in [1.54, 1.807) is 0 Å². The summed E-state index contributed by atoms with van der Waals surface area (Å²) in [5, 5.41) is 0.669. The maximum absolute atomic E-state index is 11.9. The van der Waals surface area contributed by atoms with Crippen molar-refractivity contribution in [3.05, 3.63) is 40.4 Å². The molecule has 0 saturated carbocycles. The van der Waals surface area contributed by atoms with Gasteiger partial charge in [0.15, 0.2) is 0 Å². The summed E-state index contributed by atoms with van der Waals surface area (Å²) < 4.78 is 0. The average Bonchev–Trinajstić information content (AvgIpc) is 2.36. The van der Waals surface area contributed by atoms with E-state index < -0.39 is 0 Å². The number of benzene rings is 1. The first-order chi connectivity index (χ1) is 8.26. The Bertz CT molecular complexity index is 559. The maximum atomic E-state index is 11.9. The van der Waals surface area contributed by atoms with Crippen LogP contribution < -0.4 is 5.56 Å². The third-order valence-corrected chi connectivity index (χ3v) is 3.15. The molecule has 1 aromatic carbocycles. The van der Waals surface area contributed by atoms with Crippen LogP contribution in [-0.4, -0.2) is 9.97 Å². The van der Waals surface area contributed by atoms with Gasteiger partial charge in [-0.25, -0.2) is 4.98 Å². The van der Waals surface area contributed by atoms with Crippen LogP contribution in [0.2, 0.25) is 0 Å². The summed E-state index contributed by atoms with van der Waals surface area (Å²) in [5.74, 6) is 1.19. The van der Waals surface area contributed by atoms with E-state index in [-0.39, 0.29) is 5.56 Å². The van der Waals surface area contributed by atoms with Crippen molar-refractivity contribution in [1.82, 2.24) is 9.97 Å². The Labute approximate surface area is 101 Å². The number of aromatic nitrogens is 2. The minimum absolute atomic E-state index is 0.0276. The van der Waals surface area contributed by atoms with Crippen LogP contribution in [0.15, 0.2) is 29.1 Å². The minimum Gasteiger partial charge on any atom is -0.310 e. The molecule has 0 fully saturated rings. The first kappa shape index (κ1) is 11.8. The zero-order valence-corrected chi connectivity index (χ0v) is 10.4. The van der Waals surface area contributed by atoms with E-state index in [9.17, 15) is 4.79 Å². The van der Waals surface area contributed by atoms with Crippen LogP contribution >= 0.6 is 0 Å². The van der Waals surface area contributed by atoms with Gasteiger partial charge in [0.25, 0.3) is 5.56 Å². The molecule has 1 N–H and O–H groups in total. The summed E-state index contributed by atoms with van der Waals surface area (Å²) in [6.45, 7) is 4.29. The van der Waals surface area contributed by atoms with Gasteiger partial charge in [-0.3, -0.25) is 4.79 Å². The van der Waals surface area contributed by atoms with Gasteiger partial charge in [-0.1, -0.05) is 32.4 Å². The number of H-pyrrole nitrogens is 1. The van der Waals surface area contributed by atoms with E-state index in [4.69, 9.17) is 0 Å². The number of hydrogen-bond acceptors (Lipinski definition) is 2. The predicted octanol–water partition coefficient (Wildman–Crippen LogP) is 3.22. The topological polar surface area (TPSA) is 45.8 Å². The van der Waals surface area contributed by atoms with Crippen molar-refractivity contribution in [2.45, 2.75) is 39.0 Å². The number of aromatic amines is 1. The van der Waals surface area contributed by atoms with Crippen molar-refractivity contribution < 1.29 is 0 Å². The zero-order chi connectivity index (χ0) is 12.3. The molecule has 0 spiro atoms. The summed E-state index contributed by atoms with van der Waals surface area (Å²) in [5.41, 5.74) is 0.765. The highest BCUT2D eigenvalue weighted by atomic mass is 16.1. The second kappa shape index (κ2) is 5.13. The molecule has 90 valence electrons. The number of para-hydroxylation sites is 1. The Morgan fingerprint density at radius 2 is 2.06 bits per heavy atom. The summed E-state index contributed by atoms with van der Waals surface area (Å²) in [7, 11) is 0. The van der Waals surface area contributed by atoms with Gasteiger partial charge in [0.05, 0.1) is 10.9 Å². The van der Waals surface area contributed by atoms with Crippen LogP contribution in [0.25, 0.3) is 10.9 Å². The molecule has 0 saturated heterocycles. The van der Waals surface area contributed by atoms with E-state index in [1.807, 2.05) is 24.3 Å². The number of nitrogens with zero attached hydrogens (tertiary/aromatic N) is 1. The first-order valence-corrected chi connectivity index (χ1v) is 6.25. The molecule has 3 heteroatoms. The molecule has 1 atom stereocenters. The van der Waals surface area contributed by atoms with Gasteiger partial charge < -0.3 is 4.98 Å². The summed E-state index contributed by atoms with van der Waals surface area (Å²) in [6, 6.07) is 7.49. The maximum Gasteiger partial charge on any atom is 0.258 e. The van der Waals surface area contributed by atoms with E-state index in [2.05, 4.69) is 23.8 Å². The second-order valence-electron chi connectivity index (χ2n) is 4.36. The van der Waals surface area contributed by atoms with E-state index in [0.717, 1.165) is 30.6 Å². The highest BCUT2D eigenvalue weighted by Crippen LogP contribution is 2.21. The van der Waals surface area contributed by atoms with Crippen LogP contribution in [0.3, 0.4) is 0 Å². The van der Waals surface area contributed by atoms with Crippen molar-refractivity contribution in [3.8, 4) is 0 Å². The summed E-state index contributed by atoms with van der Waals surface area (Å²) in [6.07, 6.45) is 3.18. The Morgan fingerprint density at radius 3 is 2.76 bits per heavy atom. The molecule has 1 aromatic heterocycles. The van der Waals surface area contributed by atoms with Gasteiger partial charge in [0.1, 0.15) is 5.82 Å². The van der Waals surface area contributed by atoms with Crippen LogP contribution in [0.4, 0.5) is 0 Å². The highest BCUT2D eigenvalue weighted by Gasteiger charge is 2.12. The van der Waals surface area contributed by atoms with Gasteiger partial charge in [-0.2, -0.15) is 0 Å². The van der Waals surface area contributed by atoms with Crippen LogP contribution in [0.5, 0.6) is 0 Å². The number of rotatable bonds is 4. The molecule has 0 aliphatic heterocycles. The number of hydrogen-bond donors (Lipinski definition) is 1. The van der Waals surface area contributed by atoms with E-state index in [0.29, 0.717) is 11.3 Å². The van der Waals surface area contributed by atoms with Crippen LogP contribution in [-0.2, 0) is 0 Å².